The monoisotopic (exact) mass is 413 g/mol. The molecule has 1 unspecified atom stereocenters. The average Bonchev–Trinajstić information content (AvgIpc) is 3.36. The molecule has 0 radical (unpaired) electrons. The minimum atomic E-state index is -1.18. The maximum atomic E-state index is 12.4. The molecular formula is C18H19N7O5. The van der Waals surface area contributed by atoms with Crippen LogP contribution in [-0.2, 0) is 33.9 Å². The van der Waals surface area contributed by atoms with E-state index in [4.69, 9.17) is 15.6 Å². The van der Waals surface area contributed by atoms with Gasteiger partial charge in [0.2, 0.25) is 0 Å². The number of hydrogen-bond donors (Lipinski definition) is 2. The van der Waals surface area contributed by atoms with E-state index in [-0.39, 0.29) is 25.4 Å². The van der Waals surface area contributed by atoms with Gasteiger partial charge in [0.25, 0.3) is 0 Å². The highest BCUT2D eigenvalue weighted by atomic mass is 16.5. The number of carboxylic acid groups (broad SMARTS) is 1. The van der Waals surface area contributed by atoms with Crippen LogP contribution in [0.25, 0.3) is 0 Å². The molecule has 3 rings (SSSR count). The number of ether oxygens (including phenoxy) is 1. The van der Waals surface area contributed by atoms with E-state index in [1.807, 2.05) is 30.3 Å². The molecule has 0 saturated heterocycles. The highest BCUT2D eigenvalue weighted by Crippen LogP contribution is 2.08. The zero-order valence-electron chi connectivity index (χ0n) is 15.8. The third kappa shape index (κ3) is 5.32. The number of carbonyl (C=O) groups is 3. The second-order valence-corrected chi connectivity index (χ2v) is 6.35. The van der Waals surface area contributed by atoms with Crippen molar-refractivity contribution in [3.63, 3.8) is 0 Å². The Labute approximate surface area is 170 Å². The minimum Gasteiger partial charge on any atom is -0.481 e. The van der Waals surface area contributed by atoms with E-state index in [0.29, 0.717) is 5.82 Å². The van der Waals surface area contributed by atoms with Gasteiger partial charge in [-0.1, -0.05) is 30.3 Å². The lowest BCUT2D eigenvalue weighted by Gasteiger charge is -2.10. The van der Waals surface area contributed by atoms with Gasteiger partial charge in [0, 0.05) is 12.4 Å². The molecule has 3 N–H and O–H groups in total. The van der Waals surface area contributed by atoms with Gasteiger partial charge in [-0.15, -0.1) is 5.10 Å². The van der Waals surface area contributed by atoms with Crippen LogP contribution < -0.4 is 5.73 Å². The van der Waals surface area contributed by atoms with E-state index >= 15 is 0 Å². The van der Waals surface area contributed by atoms with Crippen LogP contribution >= 0.6 is 0 Å². The Morgan fingerprint density at radius 1 is 1.17 bits per heavy atom. The summed E-state index contributed by atoms with van der Waals surface area (Å²) in [6.07, 6.45) is 1.81. The smallest absolute Gasteiger partial charge is 0.419 e. The van der Waals surface area contributed by atoms with Crippen molar-refractivity contribution in [2.24, 2.45) is 5.73 Å². The van der Waals surface area contributed by atoms with Gasteiger partial charge in [-0.3, -0.25) is 9.59 Å². The van der Waals surface area contributed by atoms with Crippen molar-refractivity contribution in [3.05, 3.63) is 59.9 Å². The van der Waals surface area contributed by atoms with Crippen LogP contribution in [0, 0.1) is 0 Å². The molecule has 12 heteroatoms. The number of rotatable bonds is 9. The molecule has 1 aromatic carbocycles. The molecular weight excluding hydrogens is 394 g/mol. The first kappa shape index (κ1) is 20.8. The number of Topliss-reactive ketones (excluding diaryl/α,β-unsaturated/α-hetero) is 1. The molecule has 0 spiro atoms. The summed E-state index contributed by atoms with van der Waals surface area (Å²) in [6.45, 7) is -0.194. The first-order chi connectivity index (χ1) is 14.4. The highest BCUT2D eigenvalue weighted by molar-refractivity contribution is 5.87. The lowest BCUT2D eigenvalue weighted by Crippen LogP contribution is -2.36. The summed E-state index contributed by atoms with van der Waals surface area (Å²) < 4.78 is 7.71. The molecule has 0 aliphatic rings. The van der Waals surface area contributed by atoms with E-state index < -0.39 is 30.3 Å². The summed E-state index contributed by atoms with van der Waals surface area (Å²) in [6, 6.07) is 8.05. The van der Waals surface area contributed by atoms with Crippen molar-refractivity contribution in [2.45, 2.75) is 32.0 Å². The van der Waals surface area contributed by atoms with Crippen molar-refractivity contribution in [1.29, 1.82) is 0 Å². The van der Waals surface area contributed by atoms with Gasteiger partial charge in [0.05, 0.1) is 18.9 Å². The number of aromatic nitrogens is 6. The van der Waals surface area contributed by atoms with Gasteiger partial charge in [0.15, 0.2) is 11.6 Å². The number of carbonyl (C=O) groups excluding carboxylic acids is 2. The van der Waals surface area contributed by atoms with Gasteiger partial charge >= 0.3 is 12.1 Å². The zero-order chi connectivity index (χ0) is 21.5. The Hall–Kier alpha value is -3.93. The zero-order valence-corrected chi connectivity index (χ0v) is 15.8. The summed E-state index contributed by atoms with van der Waals surface area (Å²) >= 11 is 0. The van der Waals surface area contributed by atoms with Gasteiger partial charge in [-0.05, 0) is 16.0 Å². The van der Waals surface area contributed by atoms with Gasteiger partial charge in [0.1, 0.15) is 19.0 Å². The lowest BCUT2D eigenvalue weighted by atomic mass is 10.1. The molecule has 12 nitrogen and oxygen atoms in total. The summed E-state index contributed by atoms with van der Waals surface area (Å²) in [5.74, 6) is -1.14. The Morgan fingerprint density at radius 3 is 2.67 bits per heavy atom. The summed E-state index contributed by atoms with van der Waals surface area (Å²) in [5, 5.41) is 19.8. The Kier molecular flexibility index (Phi) is 6.60. The molecule has 0 fully saturated rings. The molecule has 1 atom stereocenters. The van der Waals surface area contributed by atoms with Crippen molar-refractivity contribution in [3.8, 4) is 0 Å². The van der Waals surface area contributed by atoms with Crippen molar-refractivity contribution in [2.75, 3.05) is 0 Å². The predicted molar refractivity (Wildman–Crippen MR) is 100 cm³/mol. The molecule has 2 aromatic heterocycles. The fraction of sp³-hybridized carbons (Fsp3) is 0.278. The molecule has 30 heavy (non-hydrogen) atoms. The summed E-state index contributed by atoms with van der Waals surface area (Å²) in [4.78, 5) is 39.3. The molecule has 156 valence electrons. The van der Waals surface area contributed by atoms with E-state index in [0.717, 1.165) is 5.56 Å². The Balaban J connectivity index is 1.65. The normalized spacial score (nSPS) is 11.8. The quantitative estimate of drug-likeness (QED) is 0.487. The number of imidazole rings is 1. The maximum absolute atomic E-state index is 12.4. The fourth-order valence-corrected chi connectivity index (χ4v) is 2.60. The largest absolute Gasteiger partial charge is 0.481 e. The molecule has 0 aliphatic carbocycles. The molecule has 0 amide bonds. The predicted octanol–water partition coefficient (Wildman–Crippen LogP) is 0.0164. The van der Waals surface area contributed by atoms with Crippen LogP contribution in [0.2, 0.25) is 0 Å². The number of nitrogens with zero attached hydrogens (tertiary/aromatic N) is 6. The van der Waals surface area contributed by atoms with Crippen molar-refractivity contribution in [1.82, 2.24) is 29.8 Å². The van der Waals surface area contributed by atoms with Crippen LogP contribution in [0.5, 0.6) is 0 Å². The molecule has 2 heterocycles. The maximum Gasteiger partial charge on any atom is 0.419 e. The number of tetrazole rings is 1. The van der Waals surface area contributed by atoms with E-state index in [1.54, 1.807) is 0 Å². The van der Waals surface area contributed by atoms with E-state index in [1.165, 1.54) is 21.6 Å². The molecule has 3 aromatic rings. The van der Waals surface area contributed by atoms with E-state index in [2.05, 4.69) is 20.5 Å². The topological polar surface area (TPSA) is 168 Å². The van der Waals surface area contributed by atoms with Crippen molar-refractivity contribution >= 4 is 17.8 Å². The van der Waals surface area contributed by atoms with Crippen LogP contribution in [0.15, 0.2) is 42.7 Å². The fourth-order valence-electron chi connectivity index (χ4n) is 2.60. The number of carboxylic acids is 1. The number of hydrogen-bond acceptors (Lipinski definition) is 9. The van der Waals surface area contributed by atoms with Gasteiger partial charge < -0.3 is 15.6 Å². The minimum absolute atomic E-state index is 0.0435. The van der Waals surface area contributed by atoms with Gasteiger partial charge in [-0.2, -0.15) is 0 Å². The molecule has 0 bridgehead atoms. The number of ketones is 1. The molecule has 0 aliphatic heterocycles. The average molecular weight is 413 g/mol. The summed E-state index contributed by atoms with van der Waals surface area (Å²) in [5.41, 5.74) is 6.42. The molecule has 0 saturated carbocycles. The second-order valence-electron chi connectivity index (χ2n) is 6.35. The van der Waals surface area contributed by atoms with E-state index in [9.17, 15) is 14.4 Å². The second kappa shape index (κ2) is 9.52. The first-order valence-electron chi connectivity index (χ1n) is 8.92. The Morgan fingerprint density at radius 2 is 1.93 bits per heavy atom. The number of benzene rings is 1. The van der Waals surface area contributed by atoms with Crippen LogP contribution in [0.3, 0.4) is 0 Å². The third-order valence-corrected chi connectivity index (χ3v) is 4.16. The van der Waals surface area contributed by atoms with Gasteiger partial charge in [-0.25, -0.2) is 19.0 Å². The first-order valence-corrected chi connectivity index (χ1v) is 8.92. The van der Waals surface area contributed by atoms with Crippen molar-refractivity contribution < 1.29 is 24.2 Å². The van der Waals surface area contributed by atoms with Crippen LogP contribution in [0.1, 0.15) is 23.6 Å². The Bertz CT molecular complexity index is 1030. The standard InChI is InChI=1S/C18H19N7O5/c19-13(8-17(27)28)14(26)10-25-16(21-22-23-25)9-15-20-6-7-24(15)18(29)30-11-12-4-2-1-3-5-12/h1-7,13H,8-11,19H2,(H,27,28). The summed E-state index contributed by atoms with van der Waals surface area (Å²) in [7, 11) is 0. The number of nitrogens with two attached hydrogens (primary N) is 1. The van der Waals surface area contributed by atoms with Crippen LogP contribution in [0.4, 0.5) is 4.79 Å². The number of aliphatic carboxylic acids is 1. The van der Waals surface area contributed by atoms with Crippen LogP contribution in [-0.4, -0.2) is 58.8 Å². The third-order valence-electron chi connectivity index (χ3n) is 4.16. The highest BCUT2D eigenvalue weighted by Gasteiger charge is 2.21. The SMILES string of the molecule is NC(CC(=O)O)C(=O)Cn1nnnc1Cc1nccn1C(=O)OCc1ccccc1. The lowest BCUT2D eigenvalue weighted by molar-refractivity contribution is -0.139.